The normalized spacial score (nSPS) is 14.9. The van der Waals surface area contributed by atoms with Crippen molar-refractivity contribution in [3.63, 3.8) is 0 Å². The Morgan fingerprint density at radius 1 is 0.971 bits per heavy atom. The van der Waals surface area contributed by atoms with Gasteiger partial charge in [-0.05, 0) is 49.2 Å². The number of nitrogens with zero attached hydrogens (tertiary/aromatic N) is 3. The summed E-state index contributed by atoms with van der Waals surface area (Å²) in [7, 11) is 0. The van der Waals surface area contributed by atoms with Crippen LogP contribution in [-0.4, -0.2) is 59.4 Å². The number of rotatable bonds is 9. The van der Waals surface area contributed by atoms with Gasteiger partial charge >= 0.3 is 0 Å². The minimum atomic E-state index is -0.0141. The van der Waals surface area contributed by atoms with Crippen molar-refractivity contribution in [3.05, 3.63) is 99.9 Å². The molecule has 3 aromatic rings. The van der Waals surface area contributed by atoms with Crippen molar-refractivity contribution < 1.29 is 9.21 Å². The molecular formula is C29H34BrN3O2. The number of benzene rings is 2. The van der Waals surface area contributed by atoms with Crippen molar-refractivity contribution in [2.24, 2.45) is 0 Å². The molecule has 1 aliphatic heterocycles. The third-order valence-corrected chi connectivity index (χ3v) is 6.92. The molecule has 0 unspecified atom stereocenters. The van der Waals surface area contributed by atoms with Gasteiger partial charge in [0.1, 0.15) is 5.76 Å². The van der Waals surface area contributed by atoms with E-state index in [1.54, 1.807) is 0 Å². The van der Waals surface area contributed by atoms with Crippen LogP contribution in [0.3, 0.4) is 0 Å². The highest BCUT2D eigenvalue weighted by atomic mass is 79.9. The van der Waals surface area contributed by atoms with Crippen LogP contribution in [0.4, 0.5) is 0 Å². The molecule has 0 radical (unpaired) electrons. The number of amides is 1. The lowest BCUT2D eigenvalue weighted by molar-refractivity contribution is 0.0614. The molecule has 1 fully saturated rings. The summed E-state index contributed by atoms with van der Waals surface area (Å²) >= 11 is 3.50. The summed E-state index contributed by atoms with van der Waals surface area (Å²) in [6.45, 7) is 9.93. The van der Waals surface area contributed by atoms with Gasteiger partial charge in [0.15, 0.2) is 5.76 Å². The Morgan fingerprint density at radius 3 is 2.37 bits per heavy atom. The van der Waals surface area contributed by atoms with Crippen molar-refractivity contribution in [2.75, 3.05) is 32.7 Å². The van der Waals surface area contributed by atoms with E-state index in [2.05, 4.69) is 88.1 Å². The zero-order valence-corrected chi connectivity index (χ0v) is 22.2. The lowest BCUT2D eigenvalue weighted by atomic mass is 10.2. The lowest BCUT2D eigenvalue weighted by Crippen LogP contribution is -2.48. The fourth-order valence-corrected chi connectivity index (χ4v) is 4.48. The average molecular weight is 537 g/mol. The number of carbonyl (C=O) groups is 1. The summed E-state index contributed by atoms with van der Waals surface area (Å²) < 4.78 is 7.09. The highest BCUT2D eigenvalue weighted by molar-refractivity contribution is 9.10. The van der Waals surface area contributed by atoms with Gasteiger partial charge in [-0.3, -0.25) is 14.6 Å². The van der Waals surface area contributed by atoms with E-state index < -0.39 is 0 Å². The molecule has 0 aliphatic carbocycles. The minimum Gasteiger partial charge on any atom is -0.455 e. The van der Waals surface area contributed by atoms with Crippen molar-refractivity contribution in [2.45, 2.75) is 33.0 Å². The van der Waals surface area contributed by atoms with Crippen LogP contribution in [0.1, 0.15) is 41.3 Å². The molecule has 1 aromatic heterocycles. The van der Waals surface area contributed by atoms with Crippen LogP contribution in [-0.2, 0) is 13.1 Å². The third kappa shape index (κ3) is 7.40. The Balaban J connectivity index is 1.27. The van der Waals surface area contributed by atoms with E-state index in [0.717, 1.165) is 49.5 Å². The van der Waals surface area contributed by atoms with Crippen molar-refractivity contribution in [3.8, 4) is 0 Å². The monoisotopic (exact) mass is 535 g/mol. The standard InChI is InChI=1S/C29H34BrN3O2/c1-23(2)33(21-25-10-12-26(30)13-11-25)22-27-14-15-28(35-27)29(34)32-19-17-31(18-20-32)16-6-9-24-7-4-3-5-8-24/h3-15,23H,16-22H2,1-2H3. The maximum Gasteiger partial charge on any atom is 0.289 e. The maximum absolute atomic E-state index is 13.0. The van der Waals surface area contributed by atoms with Gasteiger partial charge in [0.05, 0.1) is 6.54 Å². The highest BCUT2D eigenvalue weighted by Gasteiger charge is 2.24. The van der Waals surface area contributed by atoms with E-state index in [4.69, 9.17) is 4.42 Å². The number of hydrogen-bond acceptors (Lipinski definition) is 4. The number of halogens is 1. The van der Waals surface area contributed by atoms with Crippen LogP contribution in [0.15, 0.2) is 81.7 Å². The molecule has 0 atom stereocenters. The predicted molar refractivity (Wildman–Crippen MR) is 145 cm³/mol. The molecular weight excluding hydrogens is 502 g/mol. The van der Waals surface area contributed by atoms with E-state index in [0.29, 0.717) is 18.3 Å². The van der Waals surface area contributed by atoms with Crippen molar-refractivity contribution in [1.29, 1.82) is 0 Å². The first-order chi connectivity index (χ1) is 17.0. The van der Waals surface area contributed by atoms with Gasteiger partial charge in [0.25, 0.3) is 5.91 Å². The van der Waals surface area contributed by atoms with Crippen LogP contribution in [0, 0.1) is 0 Å². The summed E-state index contributed by atoms with van der Waals surface area (Å²) in [6.07, 6.45) is 4.35. The number of carbonyl (C=O) groups excluding carboxylic acids is 1. The summed E-state index contributed by atoms with van der Waals surface area (Å²) in [5, 5.41) is 0. The van der Waals surface area contributed by atoms with E-state index in [-0.39, 0.29) is 5.91 Å². The van der Waals surface area contributed by atoms with Gasteiger partial charge in [-0.2, -0.15) is 0 Å². The van der Waals surface area contributed by atoms with E-state index in [9.17, 15) is 4.79 Å². The van der Waals surface area contributed by atoms with Crippen molar-refractivity contribution >= 4 is 27.9 Å². The molecule has 184 valence electrons. The molecule has 4 rings (SSSR count). The molecule has 0 spiro atoms. The fraction of sp³-hybridized carbons (Fsp3) is 0.345. The first-order valence-corrected chi connectivity index (χ1v) is 13.1. The van der Waals surface area contributed by atoms with Crippen LogP contribution in [0.2, 0.25) is 0 Å². The smallest absolute Gasteiger partial charge is 0.289 e. The number of hydrogen-bond donors (Lipinski definition) is 0. The summed E-state index contributed by atoms with van der Waals surface area (Å²) in [6, 6.07) is 22.8. The largest absolute Gasteiger partial charge is 0.455 e. The third-order valence-electron chi connectivity index (χ3n) is 6.39. The first-order valence-electron chi connectivity index (χ1n) is 12.3. The molecule has 35 heavy (non-hydrogen) atoms. The Hall–Kier alpha value is -2.67. The van der Waals surface area contributed by atoms with Gasteiger partial charge in [0, 0.05) is 49.8 Å². The highest BCUT2D eigenvalue weighted by Crippen LogP contribution is 2.19. The Labute approximate surface area is 217 Å². The van der Waals surface area contributed by atoms with Gasteiger partial charge in [0.2, 0.25) is 0 Å². The van der Waals surface area contributed by atoms with Crippen LogP contribution >= 0.6 is 15.9 Å². The second-order valence-electron chi connectivity index (χ2n) is 9.30. The average Bonchev–Trinajstić information content (AvgIpc) is 3.34. The van der Waals surface area contributed by atoms with Gasteiger partial charge in [-0.15, -0.1) is 0 Å². The SMILES string of the molecule is CC(C)N(Cc1ccc(Br)cc1)Cc1ccc(C(=O)N2CCN(CC=Cc3ccccc3)CC2)o1. The number of furan rings is 1. The Morgan fingerprint density at radius 2 is 1.69 bits per heavy atom. The van der Waals surface area contributed by atoms with Crippen LogP contribution in [0.25, 0.3) is 6.08 Å². The molecule has 1 saturated heterocycles. The number of piperazine rings is 1. The minimum absolute atomic E-state index is 0.0141. The lowest BCUT2D eigenvalue weighted by Gasteiger charge is -2.33. The molecule has 6 heteroatoms. The topological polar surface area (TPSA) is 39.9 Å². The summed E-state index contributed by atoms with van der Waals surface area (Å²) in [5.41, 5.74) is 2.46. The summed E-state index contributed by atoms with van der Waals surface area (Å²) in [5.74, 6) is 1.24. The van der Waals surface area contributed by atoms with E-state index in [1.807, 2.05) is 35.2 Å². The molecule has 2 aromatic carbocycles. The quantitative estimate of drug-likeness (QED) is 0.340. The Bertz CT molecular complexity index is 1100. The molecule has 0 bridgehead atoms. The van der Waals surface area contributed by atoms with Crippen molar-refractivity contribution in [1.82, 2.24) is 14.7 Å². The first kappa shape index (κ1) is 25.4. The van der Waals surface area contributed by atoms with Gasteiger partial charge < -0.3 is 9.32 Å². The second kappa shape index (κ2) is 12.3. The molecule has 0 N–H and O–H groups in total. The van der Waals surface area contributed by atoms with E-state index >= 15 is 0 Å². The second-order valence-corrected chi connectivity index (χ2v) is 10.2. The molecule has 0 saturated carbocycles. The van der Waals surface area contributed by atoms with Gasteiger partial charge in [-0.1, -0.05) is 70.5 Å². The summed E-state index contributed by atoms with van der Waals surface area (Å²) in [4.78, 5) is 19.7. The maximum atomic E-state index is 13.0. The van der Waals surface area contributed by atoms with E-state index in [1.165, 1.54) is 11.1 Å². The fourth-order valence-electron chi connectivity index (χ4n) is 4.21. The van der Waals surface area contributed by atoms with Crippen LogP contribution in [0.5, 0.6) is 0 Å². The predicted octanol–water partition coefficient (Wildman–Crippen LogP) is 5.92. The molecule has 5 nitrogen and oxygen atoms in total. The zero-order chi connectivity index (χ0) is 24.6. The zero-order valence-electron chi connectivity index (χ0n) is 20.6. The Kier molecular flexibility index (Phi) is 8.96. The molecule has 1 amide bonds. The van der Waals surface area contributed by atoms with Crippen LogP contribution < -0.4 is 0 Å². The van der Waals surface area contributed by atoms with Gasteiger partial charge in [-0.25, -0.2) is 0 Å². The molecule has 2 heterocycles. The molecule has 1 aliphatic rings.